The molecule has 6 nitrogen and oxygen atoms in total. The van der Waals surface area contributed by atoms with E-state index in [9.17, 15) is 0 Å². The molecule has 0 amide bonds. The summed E-state index contributed by atoms with van der Waals surface area (Å²) in [6.45, 7) is 0.792. The van der Waals surface area contributed by atoms with Crippen LogP contribution in [-0.2, 0) is 14.3 Å². The average molecular weight is 203 g/mol. The second-order valence-electron chi connectivity index (χ2n) is 3.45. The van der Waals surface area contributed by atoms with E-state index in [2.05, 4.69) is 0 Å². The molecule has 14 heavy (non-hydrogen) atoms. The van der Waals surface area contributed by atoms with Gasteiger partial charge in [0.05, 0.1) is 18.2 Å². The second-order valence-corrected chi connectivity index (χ2v) is 3.45. The second kappa shape index (κ2) is 3.93. The maximum absolute atomic E-state index is 9.10. The molecule has 0 bridgehead atoms. The van der Waals surface area contributed by atoms with Crippen molar-refractivity contribution < 1.29 is 24.5 Å². The van der Waals surface area contributed by atoms with Crippen LogP contribution in [0.1, 0.15) is 19.3 Å². The maximum atomic E-state index is 9.10. The first-order chi connectivity index (χ1) is 6.48. The summed E-state index contributed by atoms with van der Waals surface area (Å²) < 4.78 is 5.34. The molecule has 1 spiro atoms. The Balaban J connectivity index is 0.000000149. The Morgan fingerprint density at radius 1 is 1.29 bits per heavy atom. The van der Waals surface area contributed by atoms with Gasteiger partial charge in [-0.05, 0) is 19.3 Å². The molecule has 2 rings (SSSR count). The van der Waals surface area contributed by atoms with Crippen LogP contribution in [0.4, 0.5) is 0 Å². The molecule has 0 aromatic heterocycles. The molecular weight excluding hydrogens is 190 g/mol. The van der Waals surface area contributed by atoms with Gasteiger partial charge in [-0.15, -0.1) is 0 Å². The van der Waals surface area contributed by atoms with Gasteiger partial charge in [-0.3, -0.25) is 0 Å². The van der Waals surface area contributed by atoms with Crippen molar-refractivity contribution in [1.29, 1.82) is 0 Å². The van der Waals surface area contributed by atoms with Gasteiger partial charge < -0.3 is 20.7 Å². The fourth-order valence-corrected chi connectivity index (χ4v) is 1.46. The van der Waals surface area contributed by atoms with Crippen LogP contribution in [0, 0.1) is 0 Å². The Morgan fingerprint density at radius 2 is 1.79 bits per heavy atom. The van der Waals surface area contributed by atoms with Gasteiger partial charge >= 0.3 is 11.9 Å². The van der Waals surface area contributed by atoms with Gasteiger partial charge in [-0.2, -0.15) is 0 Å². The third-order valence-electron chi connectivity index (χ3n) is 2.61. The molecule has 2 aliphatic rings. The molecule has 0 aromatic carbocycles. The van der Waals surface area contributed by atoms with Crippen molar-refractivity contribution in [2.75, 3.05) is 6.61 Å². The Morgan fingerprint density at radius 3 is 1.79 bits per heavy atom. The molecule has 1 unspecified atom stereocenters. The third kappa shape index (κ3) is 2.02. The minimum absolute atomic E-state index is 0.181. The molecular formula is C8H13NO5. The van der Waals surface area contributed by atoms with Gasteiger partial charge in [0, 0.05) is 0 Å². The zero-order valence-electron chi connectivity index (χ0n) is 7.60. The van der Waals surface area contributed by atoms with Crippen molar-refractivity contribution in [3.63, 3.8) is 0 Å². The van der Waals surface area contributed by atoms with E-state index in [0.717, 1.165) is 6.61 Å². The predicted molar refractivity (Wildman–Crippen MR) is 45.8 cm³/mol. The fourth-order valence-electron chi connectivity index (χ4n) is 1.46. The Bertz CT molecular complexity index is 231. The van der Waals surface area contributed by atoms with Gasteiger partial charge in [0.15, 0.2) is 0 Å². The molecule has 1 saturated heterocycles. The quantitative estimate of drug-likeness (QED) is 0.454. The van der Waals surface area contributed by atoms with Crippen molar-refractivity contribution in [2.45, 2.75) is 30.9 Å². The largest absolute Gasteiger partial charge is 0.473 e. The van der Waals surface area contributed by atoms with E-state index in [1.165, 1.54) is 19.3 Å². The number of carbonyl (C=O) groups is 2. The van der Waals surface area contributed by atoms with Gasteiger partial charge in [0.25, 0.3) is 0 Å². The highest BCUT2D eigenvalue weighted by molar-refractivity contribution is 6.27. The van der Waals surface area contributed by atoms with Crippen LogP contribution < -0.4 is 5.73 Å². The summed E-state index contributed by atoms with van der Waals surface area (Å²) in [4.78, 5) is 18.2. The van der Waals surface area contributed by atoms with E-state index in [1.807, 2.05) is 0 Å². The molecule has 1 heterocycles. The van der Waals surface area contributed by atoms with Crippen LogP contribution in [0.25, 0.3) is 0 Å². The zero-order chi connectivity index (χ0) is 10.8. The molecule has 0 radical (unpaired) electrons. The van der Waals surface area contributed by atoms with Crippen LogP contribution in [0.15, 0.2) is 0 Å². The summed E-state index contributed by atoms with van der Waals surface area (Å²) in [6.07, 6.45) is 3.72. The number of rotatable bonds is 0. The Labute approximate surface area is 80.7 Å². The van der Waals surface area contributed by atoms with Gasteiger partial charge in [-0.1, -0.05) is 0 Å². The number of nitrogens with two attached hydrogens (primary N) is 1. The van der Waals surface area contributed by atoms with Crippen LogP contribution in [-0.4, -0.2) is 40.4 Å². The number of carboxylic acids is 2. The van der Waals surface area contributed by atoms with Crippen LogP contribution in [0.3, 0.4) is 0 Å². The van der Waals surface area contributed by atoms with Gasteiger partial charge in [-0.25, -0.2) is 9.59 Å². The van der Waals surface area contributed by atoms with Gasteiger partial charge in [0.1, 0.15) is 0 Å². The summed E-state index contributed by atoms with van der Waals surface area (Å²) >= 11 is 0. The maximum Gasteiger partial charge on any atom is 0.414 e. The lowest BCUT2D eigenvalue weighted by atomic mass is 9.72. The Hall–Kier alpha value is -1.14. The van der Waals surface area contributed by atoms with Crippen LogP contribution in [0.2, 0.25) is 0 Å². The van der Waals surface area contributed by atoms with E-state index in [0.29, 0.717) is 6.04 Å². The number of hydrogen-bond acceptors (Lipinski definition) is 4. The van der Waals surface area contributed by atoms with Crippen LogP contribution >= 0.6 is 0 Å². The summed E-state index contributed by atoms with van der Waals surface area (Å²) in [7, 11) is 0. The first-order valence-corrected chi connectivity index (χ1v) is 4.34. The number of carboxylic acid groups (broad SMARTS) is 2. The van der Waals surface area contributed by atoms with Crippen molar-refractivity contribution in [3.05, 3.63) is 0 Å². The van der Waals surface area contributed by atoms with Crippen LogP contribution in [0.5, 0.6) is 0 Å². The summed E-state index contributed by atoms with van der Waals surface area (Å²) in [5.74, 6) is -3.65. The topological polar surface area (TPSA) is 110 Å². The molecule has 4 N–H and O–H groups in total. The number of hydrogen-bond donors (Lipinski definition) is 3. The molecule has 1 saturated carbocycles. The van der Waals surface area contributed by atoms with E-state index >= 15 is 0 Å². The smallest absolute Gasteiger partial charge is 0.414 e. The monoisotopic (exact) mass is 203 g/mol. The third-order valence-corrected chi connectivity index (χ3v) is 2.61. The predicted octanol–water partition coefficient (Wildman–Crippen LogP) is -0.578. The molecule has 1 atom stereocenters. The van der Waals surface area contributed by atoms with Gasteiger partial charge in [0.2, 0.25) is 0 Å². The lowest BCUT2D eigenvalue weighted by molar-refractivity contribution is -0.207. The molecule has 2 fully saturated rings. The highest BCUT2D eigenvalue weighted by atomic mass is 16.5. The van der Waals surface area contributed by atoms with Crippen molar-refractivity contribution in [1.82, 2.24) is 0 Å². The fraction of sp³-hybridized carbons (Fsp3) is 0.750. The van der Waals surface area contributed by atoms with E-state index in [-0.39, 0.29) is 5.60 Å². The molecule has 6 heteroatoms. The lowest BCUT2D eigenvalue weighted by Gasteiger charge is -2.53. The first-order valence-electron chi connectivity index (χ1n) is 4.34. The summed E-state index contributed by atoms with van der Waals surface area (Å²) in [6, 6.07) is 0.358. The lowest BCUT2D eigenvalue weighted by Crippen LogP contribution is -2.66. The molecule has 0 aromatic rings. The average Bonchev–Trinajstić information content (AvgIpc) is 2.00. The van der Waals surface area contributed by atoms with E-state index in [4.69, 9.17) is 30.3 Å². The molecule has 1 aliphatic carbocycles. The highest BCUT2D eigenvalue weighted by Crippen LogP contribution is 2.43. The minimum atomic E-state index is -1.82. The number of ether oxygens (including phenoxy) is 1. The van der Waals surface area contributed by atoms with E-state index < -0.39 is 11.9 Å². The van der Waals surface area contributed by atoms with Crippen molar-refractivity contribution in [2.24, 2.45) is 5.73 Å². The van der Waals surface area contributed by atoms with Crippen molar-refractivity contribution >= 4 is 11.9 Å². The standard InChI is InChI=1S/C6H11NO.C2H2O4/c7-5-4-8-6(5)2-1-3-6;3-1(4)2(5)6/h5H,1-4,7H2;(H,3,4)(H,5,6). The Kier molecular flexibility index (Phi) is 3.07. The van der Waals surface area contributed by atoms with Crippen molar-refractivity contribution in [3.8, 4) is 0 Å². The number of aliphatic carboxylic acids is 2. The molecule has 80 valence electrons. The highest BCUT2D eigenvalue weighted by Gasteiger charge is 2.50. The first kappa shape index (κ1) is 10.9. The summed E-state index contributed by atoms with van der Waals surface area (Å²) in [5.41, 5.74) is 5.87. The van der Waals surface area contributed by atoms with E-state index in [1.54, 1.807) is 0 Å². The zero-order valence-corrected chi connectivity index (χ0v) is 7.60. The minimum Gasteiger partial charge on any atom is -0.473 e. The normalized spacial score (nSPS) is 26.5. The SMILES string of the molecule is NC1COC12CCC2.O=C(O)C(=O)O. The summed E-state index contributed by atoms with van der Waals surface area (Å²) in [5, 5.41) is 14.8. The molecule has 1 aliphatic heterocycles.